The third-order valence-electron chi connectivity index (χ3n) is 1.23. The Morgan fingerprint density at radius 3 is 2.46 bits per heavy atom. The van der Waals surface area contributed by atoms with E-state index in [1.807, 2.05) is 30.3 Å². The van der Waals surface area contributed by atoms with Gasteiger partial charge in [-0.05, 0) is 11.6 Å². The lowest BCUT2D eigenvalue weighted by Crippen LogP contribution is -1.69. The summed E-state index contributed by atoms with van der Waals surface area (Å²) >= 11 is 0. The Morgan fingerprint density at radius 2 is 1.92 bits per heavy atom. The maximum atomic E-state index is 10.1. The average Bonchev–Trinajstić information content (AvgIpc) is 2.05. The first-order valence-corrected chi connectivity index (χ1v) is 4.66. The number of hydrogen-bond donors (Lipinski definition) is 2. The lowest BCUT2D eigenvalue weighted by Gasteiger charge is -1.92. The summed E-state index contributed by atoms with van der Waals surface area (Å²) in [5.74, 6) is 0. The molecule has 0 spiro atoms. The first-order chi connectivity index (χ1) is 5.79. The van der Waals surface area contributed by atoms with Crippen molar-refractivity contribution < 1.29 is 14.0 Å². The summed E-state index contributed by atoms with van der Waals surface area (Å²) in [6, 6.07) is 9.39. The molecular formula is C8H12NO3P. The second kappa shape index (κ2) is 6.43. The van der Waals surface area contributed by atoms with E-state index >= 15 is 0 Å². The van der Waals surface area contributed by atoms with Crippen molar-refractivity contribution in [3.8, 4) is 0 Å². The molecule has 4 nitrogen and oxygen atoms in total. The normalized spacial score (nSPS) is 12.1. The zero-order valence-corrected chi connectivity index (χ0v) is 8.01. The Balaban J connectivity index is 0.00000144. The lowest BCUT2D eigenvalue weighted by atomic mass is 10.2. The minimum atomic E-state index is -2.84. The Hall–Kier alpha value is -1.09. The van der Waals surface area contributed by atoms with Gasteiger partial charge in [-0.1, -0.05) is 30.3 Å². The van der Waals surface area contributed by atoms with Gasteiger partial charge in [0.1, 0.15) is 0 Å². The quantitative estimate of drug-likeness (QED) is 0.580. The molecule has 4 N–H and O–H groups in total. The summed E-state index contributed by atoms with van der Waals surface area (Å²) in [4.78, 5) is 8.30. The Labute approximate surface area is 77.4 Å². The molecule has 0 fully saturated rings. The molecule has 72 valence electrons. The molecule has 0 radical (unpaired) electrons. The molecule has 1 unspecified atom stereocenters. The van der Waals surface area contributed by atoms with E-state index in [1.54, 1.807) is 6.08 Å². The predicted molar refractivity (Wildman–Crippen MR) is 52.8 cm³/mol. The fraction of sp³-hybridized carbons (Fsp3) is 0. The monoisotopic (exact) mass is 201 g/mol. The molecule has 1 aromatic rings. The van der Waals surface area contributed by atoms with Crippen LogP contribution < -0.4 is 6.15 Å². The molecule has 0 saturated heterocycles. The standard InChI is InChI=1S/C8H9O3P.H3N/c9-12(10)11-7-6-8-4-2-1-3-5-8;/h1-7,12H,(H,9,10);1H3. The van der Waals surface area contributed by atoms with Crippen LogP contribution in [0, 0.1) is 0 Å². The Kier molecular flexibility index (Phi) is 5.89. The molecule has 0 aromatic heterocycles. The smallest absolute Gasteiger partial charge is 0.364 e. The Morgan fingerprint density at radius 1 is 1.31 bits per heavy atom. The maximum Gasteiger partial charge on any atom is 0.364 e. The molecular weight excluding hydrogens is 189 g/mol. The minimum Gasteiger partial charge on any atom is -0.434 e. The molecule has 5 heteroatoms. The topological polar surface area (TPSA) is 81.5 Å². The van der Waals surface area contributed by atoms with Crippen LogP contribution in [-0.4, -0.2) is 4.89 Å². The highest BCUT2D eigenvalue weighted by atomic mass is 31.1. The van der Waals surface area contributed by atoms with Gasteiger partial charge in [0.2, 0.25) is 0 Å². The van der Waals surface area contributed by atoms with Crippen LogP contribution in [0.1, 0.15) is 5.56 Å². The van der Waals surface area contributed by atoms with Crippen LogP contribution in [0.15, 0.2) is 36.6 Å². The largest absolute Gasteiger partial charge is 0.434 e. The summed E-state index contributed by atoms with van der Waals surface area (Å²) in [6.07, 6.45) is 2.84. The second-order valence-electron chi connectivity index (χ2n) is 2.10. The molecule has 0 bridgehead atoms. The SMILES string of the molecule is N.O=[PH](O)OC=Cc1ccccc1. The van der Waals surface area contributed by atoms with Crippen molar-refractivity contribution in [3.63, 3.8) is 0 Å². The Bertz CT molecular complexity index is 287. The molecule has 1 rings (SSSR count). The molecule has 0 aliphatic heterocycles. The van der Waals surface area contributed by atoms with E-state index in [4.69, 9.17) is 4.89 Å². The predicted octanol–water partition coefficient (Wildman–Crippen LogP) is 2.22. The van der Waals surface area contributed by atoms with Crippen molar-refractivity contribution in [2.45, 2.75) is 0 Å². The molecule has 0 saturated carbocycles. The van der Waals surface area contributed by atoms with Crippen LogP contribution in [0.3, 0.4) is 0 Å². The zero-order valence-electron chi connectivity index (χ0n) is 7.01. The van der Waals surface area contributed by atoms with Gasteiger partial charge in [-0.2, -0.15) is 0 Å². The van der Waals surface area contributed by atoms with Crippen LogP contribution in [0.5, 0.6) is 0 Å². The van der Waals surface area contributed by atoms with Crippen molar-refractivity contribution >= 4 is 14.3 Å². The lowest BCUT2D eigenvalue weighted by molar-refractivity contribution is 0.379. The fourth-order valence-corrected chi connectivity index (χ4v) is 0.919. The summed E-state index contributed by atoms with van der Waals surface area (Å²) in [5, 5.41) is 0. The molecule has 0 aliphatic carbocycles. The number of benzene rings is 1. The van der Waals surface area contributed by atoms with Gasteiger partial charge in [0.25, 0.3) is 0 Å². The molecule has 1 aromatic carbocycles. The number of hydrogen-bond acceptors (Lipinski definition) is 3. The highest BCUT2D eigenvalue weighted by Crippen LogP contribution is 2.15. The van der Waals surface area contributed by atoms with Crippen molar-refractivity contribution in [1.82, 2.24) is 6.15 Å². The molecule has 0 aliphatic rings. The van der Waals surface area contributed by atoms with E-state index < -0.39 is 8.25 Å². The first-order valence-electron chi connectivity index (χ1n) is 3.40. The van der Waals surface area contributed by atoms with Gasteiger partial charge in [0.15, 0.2) is 0 Å². The van der Waals surface area contributed by atoms with E-state index in [1.165, 1.54) is 6.26 Å². The molecule has 13 heavy (non-hydrogen) atoms. The summed E-state index contributed by atoms with van der Waals surface area (Å²) in [5.41, 5.74) is 0.931. The van der Waals surface area contributed by atoms with E-state index in [9.17, 15) is 4.57 Å². The van der Waals surface area contributed by atoms with Gasteiger partial charge in [0, 0.05) is 0 Å². The zero-order chi connectivity index (χ0) is 8.81. The van der Waals surface area contributed by atoms with Crippen LogP contribution >= 0.6 is 8.25 Å². The van der Waals surface area contributed by atoms with Crippen molar-refractivity contribution in [2.75, 3.05) is 0 Å². The van der Waals surface area contributed by atoms with E-state index in [-0.39, 0.29) is 6.15 Å². The van der Waals surface area contributed by atoms with Crippen LogP contribution in [-0.2, 0) is 9.09 Å². The highest BCUT2D eigenvalue weighted by Gasteiger charge is 1.85. The molecule has 0 amide bonds. The number of rotatable bonds is 3. The summed E-state index contributed by atoms with van der Waals surface area (Å²) in [6.45, 7) is 0. The van der Waals surface area contributed by atoms with E-state index in [2.05, 4.69) is 4.52 Å². The van der Waals surface area contributed by atoms with Crippen LogP contribution in [0.4, 0.5) is 0 Å². The highest BCUT2D eigenvalue weighted by molar-refractivity contribution is 7.32. The average molecular weight is 201 g/mol. The van der Waals surface area contributed by atoms with Gasteiger partial charge in [0.05, 0.1) is 6.26 Å². The third-order valence-corrected chi connectivity index (χ3v) is 1.57. The molecule has 0 heterocycles. The van der Waals surface area contributed by atoms with Gasteiger partial charge in [-0.25, -0.2) is 4.57 Å². The summed E-state index contributed by atoms with van der Waals surface area (Å²) in [7, 11) is -2.84. The van der Waals surface area contributed by atoms with Crippen molar-refractivity contribution in [2.24, 2.45) is 0 Å². The van der Waals surface area contributed by atoms with E-state index in [0.717, 1.165) is 5.56 Å². The van der Waals surface area contributed by atoms with Crippen LogP contribution in [0.2, 0.25) is 0 Å². The fourth-order valence-electron chi connectivity index (χ4n) is 0.735. The third kappa shape index (κ3) is 5.20. The van der Waals surface area contributed by atoms with Crippen molar-refractivity contribution in [1.29, 1.82) is 0 Å². The second-order valence-corrected chi connectivity index (χ2v) is 2.86. The molecule has 1 atom stereocenters. The van der Waals surface area contributed by atoms with Gasteiger partial charge < -0.3 is 15.6 Å². The summed E-state index contributed by atoms with van der Waals surface area (Å²) < 4.78 is 14.5. The van der Waals surface area contributed by atoms with Gasteiger partial charge in [-0.3, -0.25) is 0 Å². The van der Waals surface area contributed by atoms with Gasteiger partial charge in [-0.15, -0.1) is 0 Å². The van der Waals surface area contributed by atoms with Gasteiger partial charge >= 0.3 is 8.25 Å². The van der Waals surface area contributed by atoms with Crippen molar-refractivity contribution in [3.05, 3.63) is 42.2 Å². The van der Waals surface area contributed by atoms with E-state index in [0.29, 0.717) is 0 Å². The first kappa shape index (κ1) is 11.9. The maximum absolute atomic E-state index is 10.1. The van der Waals surface area contributed by atoms with Crippen LogP contribution in [0.25, 0.3) is 6.08 Å². The minimum absolute atomic E-state index is 0.